The summed E-state index contributed by atoms with van der Waals surface area (Å²) >= 11 is 0. The molecule has 0 amide bonds. The molecule has 460 valence electrons. The Balaban J connectivity index is 4.39. The van der Waals surface area contributed by atoms with Gasteiger partial charge in [0.2, 0.25) is 0 Å². The maximum absolute atomic E-state index is 12.9. The van der Waals surface area contributed by atoms with E-state index >= 15 is 0 Å². The van der Waals surface area contributed by atoms with E-state index < -0.39 is 6.10 Å². The van der Waals surface area contributed by atoms with Crippen LogP contribution in [0.2, 0.25) is 0 Å². The van der Waals surface area contributed by atoms with Crippen molar-refractivity contribution in [1.29, 1.82) is 0 Å². The van der Waals surface area contributed by atoms with Crippen LogP contribution in [0.3, 0.4) is 0 Å². The molecule has 1 unspecified atom stereocenters. The lowest BCUT2D eigenvalue weighted by Gasteiger charge is -2.18. The smallest absolute Gasteiger partial charge is 0.306 e. The minimum absolute atomic E-state index is 0.0908. The van der Waals surface area contributed by atoms with E-state index in [1.165, 1.54) is 116 Å². The number of hydrogen-bond acceptors (Lipinski definition) is 6. The molecule has 1 atom stereocenters. The minimum Gasteiger partial charge on any atom is -0.462 e. The van der Waals surface area contributed by atoms with Crippen molar-refractivity contribution in [3.63, 3.8) is 0 Å². The lowest BCUT2D eigenvalue weighted by atomic mass is 10.0. The molecule has 0 aromatic rings. The van der Waals surface area contributed by atoms with Gasteiger partial charge >= 0.3 is 17.9 Å². The second-order valence-electron chi connectivity index (χ2n) is 22.0. The monoisotopic (exact) mass is 1120 g/mol. The predicted octanol–water partition coefficient (Wildman–Crippen LogP) is 23.3. The molecule has 0 spiro atoms. The maximum Gasteiger partial charge on any atom is 0.306 e. The fourth-order valence-corrected chi connectivity index (χ4v) is 9.14. The van der Waals surface area contributed by atoms with Crippen molar-refractivity contribution >= 4 is 17.9 Å². The van der Waals surface area contributed by atoms with Gasteiger partial charge in [0.1, 0.15) is 13.2 Å². The summed E-state index contributed by atoms with van der Waals surface area (Å²) in [5.74, 6) is -0.912. The molecule has 0 aliphatic carbocycles. The van der Waals surface area contributed by atoms with Gasteiger partial charge in [-0.3, -0.25) is 14.4 Å². The molecule has 6 heteroatoms. The van der Waals surface area contributed by atoms with Crippen molar-refractivity contribution in [3.05, 3.63) is 134 Å². The fourth-order valence-electron chi connectivity index (χ4n) is 9.14. The van der Waals surface area contributed by atoms with Gasteiger partial charge in [0, 0.05) is 19.3 Å². The highest BCUT2D eigenvalue weighted by Gasteiger charge is 2.19. The Labute approximate surface area is 500 Å². The van der Waals surface area contributed by atoms with Gasteiger partial charge in [0.15, 0.2) is 6.10 Å². The average molecular weight is 1120 g/mol. The number of esters is 3. The fraction of sp³-hybridized carbons (Fsp3) is 0.667. The van der Waals surface area contributed by atoms with E-state index in [1.54, 1.807) is 0 Å². The molecule has 0 aromatic heterocycles. The molecule has 0 radical (unpaired) electrons. The molecule has 0 N–H and O–H groups in total. The second-order valence-corrected chi connectivity index (χ2v) is 22.0. The molecule has 0 saturated heterocycles. The van der Waals surface area contributed by atoms with Crippen LogP contribution in [0.4, 0.5) is 0 Å². The Morgan fingerprint density at radius 2 is 0.481 bits per heavy atom. The van der Waals surface area contributed by atoms with E-state index in [0.29, 0.717) is 19.3 Å². The lowest BCUT2D eigenvalue weighted by molar-refractivity contribution is -0.167. The van der Waals surface area contributed by atoms with Crippen molar-refractivity contribution in [2.24, 2.45) is 0 Å². The van der Waals surface area contributed by atoms with Crippen molar-refractivity contribution in [3.8, 4) is 0 Å². The highest BCUT2D eigenvalue weighted by atomic mass is 16.6. The third-order valence-corrected chi connectivity index (χ3v) is 14.1. The highest BCUT2D eigenvalue weighted by molar-refractivity contribution is 5.71. The topological polar surface area (TPSA) is 78.9 Å². The van der Waals surface area contributed by atoms with Crippen LogP contribution in [0, 0.1) is 0 Å². The summed E-state index contributed by atoms with van der Waals surface area (Å²) in [5, 5.41) is 0. The molecule has 0 bridgehead atoms. The third-order valence-electron chi connectivity index (χ3n) is 14.1. The predicted molar refractivity (Wildman–Crippen MR) is 353 cm³/mol. The van der Waals surface area contributed by atoms with Crippen LogP contribution in [0.1, 0.15) is 303 Å². The van der Waals surface area contributed by atoms with Gasteiger partial charge in [-0.05, 0) is 135 Å². The Morgan fingerprint density at radius 1 is 0.259 bits per heavy atom. The Morgan fingerprint density at radius 3 is 0.753 bits per heavy atom. The van der Waals surface area contributed by atoms with Crippen LogP contribution in [-0.2, 0) is 28.6 Å². The van der Waals surface area contributed by atoms with Gasteiger partial charge < -0.3 is 14.2 Å². The first kappa shape index (κ1) is 76.5. The molecule has 0 aliphatic heterocycles. The third kappa shape index (κ3) is 66.2. The molecular weight excluding hydrogens is 997 g/mol. The number of carbonyl (C=O) groups excluding carboxylic acids is 3. The zero-order chi connectivity index (χ0) is 58.5. The standard InChI is InChI=1S/C75H124O6/c1-4-7-10-13-16-19-22-25-28-30-32-34-36-37-39-40-42-44-47-50-53-56-59-62-65-68-74(77)80-71-72(70-79-73(76)67-64-61-58-55-52-49-46-27-24-21-18-15-12-9-6-3)81-75(78)69-66-63-60-57-54-51-48-45-43-41-38-35-33-31-29-26-23-20-17-14-11-8-5-2/h7-8,10-11,16-21,25-29,32-35,41,43,46,72H,4-6,9,12-15,22-24,30-31,36-40,42,44-45,47-71H2,1-3H3/b10-7-,11-8-,19-16-,20-17-,21-18-,28-25-,29-26-,34-32-,35-33-,43-41-,46-27-. The molecule has 0 fully saturated rings. The highest BCUT2D eigenvalue weighted by Crippen LogP contribution is 2.16. The van der Waals surface area contributed by atoms with E-state index in [9.17, 15) is 14.4 Å². The van der Waals surface area contributed by atoms with Crippen molar-refractivity contribution in [1.82, 2.24) is 0 Å². The summed E-state index contributed by atoms with van der Waals surface area (Å²) < 4.78 is 17.0. The zero-order valence-corrected chi connectivity index (χ0v) is 52.8. The molecule has 0 aromatic carbocycles. The Bertz CT molecular complexity index is 1720. The number of carbonyl (C=O) groups is 3. The zero-order valence-electron chi connectivity index (χ0n) is 52.8. The van der Waals surface area contributed by atoms with Crippen molar-refractivity contribution in [2.45, 2.75) is 309 Å². The number of allylic oxidation sites excluding steroid dienone is 22. The van der Waals surface area contributed by atoms with Gasteiger partial charge in [0.05, 0.1) is 0 Å². The SMILES string of the molecule is CC/C=C\C/C=C\C/C=C\C/C=C\C/C=C\CCCCCCCCCC(=O)OC(COC(=O)CCCCCCC/C=C\C/C=C\CCCCC)COC(=O)CCCCCCCCCCCCCC/C=C\C/C=C\C/C=C\C/C=C\CC. The van der Waals surface area contributed by atoms with Crippen LogP contribution < -0.4 is 0 Å². The Kier molecular flexibility index (Phi) is 64.3. The summed E-state index contributed by atoms with van der Waals surface area (Å²) in [6.45, 7) is 6.38. The van der Waals surface area contributed by atoms with E-state index in [-0.39, 0.29) is 31.1 Å². The van der Waals surface area contributed by atoms with Gasteiger partial charge in [-0.25, -0.2) is 0 Å². The van der Waals surface area contributed by atoms with Gasteiger partial charge in [-0.1, -0.05) is 283 Å². The summed E-state index contributed by atoms with van der Waals surface area (Å²) in [7, 11) is 0. The number of ether oxygens (including phenoxy) is 3. The first-order valence-electron chi connectivity index (χ1n) is 33.7. The molecule has 6 nitrogen and oxygen atoms in total. The summed E-state index contributed by atoms with van der Waals surface area (Å²) in [5.41, 5.74) is 0. The van der Waals surface area contributed by atoms with Crippen LogP contribution in [-0.4, -0.2) is 37.2 Å². The molecule has 0 rings (SSSR count). The molecule has 0 saturated carbocycles. The van der Waals surface area contributed by atoms with Crippen molar-refractivity contribution in [2.75, 3.05) is 13.2 Å². The molecular formula is C75H124O6. The van der Waals surface area contributed by atoms with Gasteiger partial charge in [-0.15, -0.1) is 0 Å². The molecule has 81 heavy (non-hydrogen) atoms. The lowest BCUT2D eigenvalue weighted by Crippen LogP contribution is -2.30. The quantitative estimate of drug-likeness (QED) is 0.0261. The summed E-state index contributed by atoms with van der Waals surface area (Å²) in [4.78, 5) is 38.4. The van der Waals surface area contributed by atoms with Crippen LogP contribution >= 0.6 is 0 Å². The van der Waals surface area contributed by atoms with E-state index in [1.807, 2.05) is 0 Å². The number of unbranched alkanes of at least 4 members (excludes halogenated alkanes) is 27. The second kappa shape index (κ2) is 68.1. The first-order valence-corrected chi connectivity index (χ1v) is 33.7. The van der Waals surface area contributed by atoms with Crippen molar-refractivity contribution < 1.29 is 28.6 Å². The number of rotatable bonds is 60. The van der Waals surface area contributed by atoms with E-state index in [0.717, 1.165) is 148 Å². The van der Waals surface area contributed by atoms with E-state index in [2.05, 4.69) is 154 Å². The van der Waals surface area contributed by atoms with Crippen LogP contribution in [0.5, 0.6) is 0 Å². The largest absolute Gasteiger partial charge is 0.462 e. The first-order chi connectivity index (χ1) is 40.0. The number of hydrogen-bond donors (Lipinski definition) is 0. The van der Waals surface area contributed by atoms with E-state index in [4.69, 9.17) is 14.2 Å². The van der Waals surface area contributed by atoms with Gasteiger partial charge in [0.25, 0.3) is 0 Å². The molecule has 0 heterocycles. The van der Waals surface area contributed by atoms with Gasteiger partial charge in [-0.2, -0.15) is 0 Å². The summed E-state index contributed by atoms with van der Waals surface area (Å²) in [6.07, 6.45) is 96.0. The molecule has 0 aliphatic rings. The maximum atomic E-state index is 12.9. The minimum atomic E-state index is -0.797. The van der Waals surface area contributed by atoms with Crippen LogP contribution in [0.25, 0.3) is 0 Å². The average Bonchev–Trinajstić information content (AvgIpc) is 3.47. The Hall–Kier alpha value is -4.45. The normalized spacial score (nSPS) is 13.0. The summed E-state index contributed by atoms with van der Waals surface area (Å²) in [6, 6.07) is 0. The van der Waals surface area contributed by atoms with Crippen LogP contribution in [0.15, 0.2) is 134 Å².